The highest BCUT2D eigenvalue weighted by Gasteiger charge is 2.29. The third kappa shape index (κ3) is 5.11. The molecule has 3 rings (SSSR count). The van der Waals surface area contributed by atoms with Crippen molar-refractivity contribution in [2.24, 2.45) is 0 Å². The van der Waals surface area contributed by atoms with E-state index in [1.54, 1.807) is 30.9 Å². The van der Waals surface area contributed by atoms with Crippen LogP contribution >= 0.6 is 0 Å². The highest BCUT2D eigenvalue weighted by Crippen LogP contribution is 2.26. The first kappa shape index (κ1) is 22.1. The quantitative estimate of drug-likeness (QED) is 0.652. The van der Waals surface area contributed by atoms with Crippen LogP contribution in [0.3, 0.4) is 0 Å². The molecule has 0 saturated carbocycles. The molecule has 1 amide bonds. The Labute approximate surface area is 176 Å². The molecule has 1 aromatic heterocycles. The van der Waals surface area contributed by atoms with Crippen LogP contribution in [0.5, 0.6) is 11.5 Å². The molecular formula is C20H28N4O5S. The van der Waals surface area contributed by atoms with Crippen LogP contribution in [0.15, 0.2) is 29.2 Å². The molecule has 2 N–H and O–H groups in total. The third-order valence-corrected chi connectivity index (χ3v) is 6.78. The van der Waals surface area contributed by atoms with E-state index in [0.29, 0.717) is 55.4 Å². The van der Waals surface area contributed by atoms with E-state index >= 15 is 0 Å². The molecule has 0 radical (unpaired) electrons. The molecule has 1 aromatic carbocycles. The van der Waals surface area contributed by atoms with Crippen LogP contribution in [0, 0.1) is 13.8 Å². The highest BCUT2D eigenvalue weighted by molar-refractivity contribution is 7.89. The Bertz CT molecular complexity index is 961. The minimum absolute atomic E-state index is 0.0894. The molecule has 2 aromatic rings. The first-order valence-corrected chi connectivity index (χ1v) is 11.5. The number of hydrogen-bond donors (Lipinski definition) is 2. The number of amides is 1. The van der Waals surface area contributed by atoms with E-state index in [2.05, 4.69) is 14.9 Å². The normalized spacial score (nSPS) is 15.2. The molecule has 0 spiro atoms. The summed E-state index contributed by atoms with van der Waals surface area (Å²) in [5, 5.41) is 6.65. The van der Waals surface area contributed by atoms with Gasteiger partial charge in [-0.15, -0.1) is 0 Å². The highest BCUT2D eigenvalue weighted by atomic mass is 32.2. The van der Waals surface area contributed by atoms with Gasteiger partial charge in [-0.2, -0.15) is 5.10 Å². The van der Waals surface area contributed by atoms with Crippen LogP contribution in [-0.4, -0.2) is 61.8 Å². The second-order valence-corrected chi connectivity index (χ2v) is 8.86. The van der Waals surface area contributed by atoms with Crippen molar-refractivity contribution < 1.29 is 22.7 Å². The standard InChI is InChI=1S/C20H28N4O5S/c1-4-28-17-7-5-6-8-18(17)29-13-19(25)24-11-9-16(10-12-24)23-30(26,27)20-14(2)21-22-15(20)3/h5-8,16,23H,4,9-13H2,1-3H3,(H,21,22). The van der Waals surface area contributed by atoms with E-state index in [1.165, 1.54) is 0 Å². The van der Waals surface area contributed by atoms with E-state index in [0.717, 1.165) is 0 Å². The third-order valence-electron chi connectivity index (χ3n) is 5.00. The monoisotopic (exact) mass is 436 g/mol. The first-order chi connectivity index (χ1) is 14.3. The maximum atomic E-state index is 12.7. The van der Waals surface area contributed by atoms with E-state index in [9.17, 15) is 13.2 Å². The first-order valence-electron chi connectivity index (χ1n) is 9.98. The molecule has 1 aliphatic heterocycles. The fraction of sp³-hybridized carbons (Fsp3) is 0.500. The van der Waals surface area contributed by atoms with Gasteiger partial charge in [0.2, 0.25) is 10.0 Å². The van der Waals surface area contributed by atoms with Crippen molar-refractivity contribution in [2.75, 3.05) is 26.3 Å². The summed E-state index contributed by atoms with van der Waals surface area (Å²) in [4.78, 5) is 14.4. The van der Waals surface area contributed by atoms with Crippen LogP contribution in [0.25, 0.3) is 0 Å². The molecule has 0 atom stereocenters. The van der Waals surface area contributed by atoms with Gasteiger partial charge < -0.3 is 14.4 Å². The molecule has 30 heavy (non-hydrogen) atoms. The molecule has 1 fully saturated rings. The average molecular weight is 437 g/mol. The Morgan fingerprint density at radius 1 is 1.20 bits per heavy atom. The largest absolute Gasteiger partial charge is 0.490 e. The summed E-state index contributed by atoms with van der Waals surface area (Å²) in [6.07, 6.45) is 1.08. The van der Waals surface area contributed by atoms with Gasteiger partial charge in [0.25, 0.3) is 5.91 Å². The summed E-state index contributed by atoms with van der Waals surface area (Å²) in [7, 11) is -3.66. The molecule has 0 aliphatic carbocycles. The number of rotatable bonds is 8. The number of benzene rings is 1. The van der Waals surface area contributed by atoms with Gasteiger partial charge >= 0.3 is 0 Å². The Balaban J connectivity index is 1.51. The van der Waals surface area contributed by atoms with Crippen LogP contribution in [-0.2, 0) is 14.8 Å². The fourth-order valence-electron chi connectivity index (χ4n) is 3.54. The molecule has 1 saturated heterocycles. The maximum Gasteiger partial charge on any atom is 0.260 e. The minimum atomic E-state index is -3.66. The number of piperidine rings is 1. The number of nitrogens with one attached hydrogen (secondary N) is 2. The second kappa shape index (κ2) is 9.48. The van der Waals surface area contributed by atoms with Crippen molar-refractivity contribution in [3.05, 3.63) is 35.7 Å². The molecule has 0 unspecified atom stereocenters. The average Bonchev–Trinajstić information content (AvgIpc) is 3.06. The van der Waals surface area contributed by atoms with Crippen molar-refractivity contribution in [3.8, 4) is 11.5 Å². The number of likely N-dealkylation sites (tertiary alicyclic amines) is 1. The van der Waals surface area contributed by atoms with Crippen molar-refractivity contribution in [1.29, 1.82) is 0 Å². The van der Waals surface area contributed by atoms with Crippen LogP contribution in [0.1, 0.15) is 31.2 Å². The molecule has 9 nitrogen and oxygen atoms in total. The van der Waals surface area contributed by atoms with Crippen molar-refractivity contribution in [3.63, 3.8) is 0 Å². The molecule has 1 aliphatic rings. The number of carbonyl (C=O) groups excluding carboxylic acids is 1. The van der Waals surface area contributed by atoms with Gasteiger partial charge in [-0.05, 0) is 45.7 Å². The number of aromatic amines is 1. The lowest BCUT2D eigenvalue weighted by Crippen LogP contribution is -2.47. The summed E-state index contributed by atoms with van der Waals surface area (Å²) in [6.45, 7) is 6.57. The Morgan fingerprint density at radius 3 is 2.40 bits per heavy atom. The van der Waals surface area contributed by atoms with Crippen molar-refractivity contribution in [2.45, 2.75) is 44.6 Å². The van der Waals surface area contributed by atoms with E-state index < -0.39 is 10.0 Å². The van der Waals surface area contributed by atoms with Gasteiger partial charge in [0, 0.05) is 19.1 Å². The van der Waals surface area contributed by atoms with Gasteiger partial charge in [0.15, 0.2) is 18.1 Å². The van der Waals surface area contributed by atoms with Crippen LogP contribution in [0.4, 0.5) is 0 Å². The van der Waals surface area contributed by atoms with Gasteiger partial charge in [0.05, 0.1) is 18.0 Å². The zero-order valence-electron chi connectivity index (χ0n) is 17.5. The van der Waals surface area contributed by atoms with Crippen LogP contribution in [0.2, 0.25) is 0 Å². The van der Waals surface area contributed by atoms with E-state index in [4.69, 9.17) is 9.47 Å². The molecular weight excluding hydrogens is 408 g/mol. The predicted octanol–water partition coefficient (Wildman–Crippen LogP) is 1.77. The van der Waals surface area contributed by atoms with Crippen molar-refractivity contribution in [1.82, 2.24) is 19.8 Å². The lowest BCUT2D eigenvalue weighted by molar-refractivity contribution is -0.134. The summed E-state index contributed by atoms with van der Waals surface area (Å²) >= 11 is 0. The zero-order valence-corrected chi connectivity index (χ0v) is 18.3. The summed E-state index contributed by atoms with van der Waals surface area (Å²) in [5.41, 5.74) is 0.953. The van der Waals surface area contributed by atoms with E-state index in [-0.39, 0.29) is 23.5 Å². The number of aromatic nitrogens is 2. The van der Waals surface area contributed by atoms with Gasteiger partial charge in [-0.3, -0.25) is 9.89 Å². The van der Waals surface area contributed by atoms with E-state index in [1.807, 2.05) is 19.1 Å². The lowest BCUT2D eigenvalue weighted by atomic mass is 10.1. The molecule has 2 heterocycles. The number of sulfonamides is 1. The smallest absolute Gasteiger partial charge is 0.260 e. The Hall–Kier alpha value is -2.59. The molecule has 0 bridgehead atoms. The number of ether oxygens (including phenoxy) is 2. The second-order valence-electron chi connectivity index (χ2n) is 7.21. The summed E-state index contributed by atoms with van der Waals surface area (Å²) in [5.74, 6) is 0.996. The van der Waals surface area contributed by atoms with Crippen molar-refractivity contribution >= 4 is 15.9 Å². The number of aryl methyl sites for hydroxylation is 2. The van der Waals surface area contributed by atoms with Crippen LogP contribution < -0.4 is 14.2 Å². The number of H-pyrrole nitrogens is 1. The number of para-hydroxylation sites is 2. The van der Waals surface area contributed by atoms with Gasteiger partial charge in [-0.25, -0.2) is 13.1 Å². The van der Waals surface area contributed by atoms with Gasteiger partial charge in [-0.1, -0.05) is 12.1 Å². The van der Waals surface area contributed by atoms with Gasteiger partial charge in [0.1, 0.15) is 4.90 Å². The number of nitrogens with zero attached hydrogens (tertiary/aromatic N) is 2. The summed E-state index contributed by atoms with van der Waals surface area (Å²) in [6, 6.07) is 7.00. The minimum Gasteiger partial charge on any atom is -0.490 e. The molecule has 10 heteroatoms. The lowest BCUT2D eigenvalue weighted by Gasteiger charge is -2.32. The number of hydrogen-bond acceptors (Lipinski definition) is 6. The topological polar surface area (TPSA) is 114 Å². The predicted molar refractivity (Wildman–Crippen MR) is 111 cm³/mol. The fourth-order valence-corrected chi connectivity index (χ4v) is 5.21. The zero-order chi connectivity index (χ0) is 21.7. The molecule has 164 valence electrons. The Morgan fingerprint density at radius 2 is 1.83 bits per heavy atom. The summed E-state index contributed by atoms with van der Waals surface area (Å²) < 4.78 is 39.3. The Kier molecular flexibility index (Phi) is 6.99. The maximum absolute atomic E-state index is 12.7. The SMILES string of the molecule is CCOc1ccccc1OCC(=O)N1CCC(NS(=O)(=O)c2c(C)n[nH]c2C)CC1. The number of carbonyl (C=O) groups is 1.